The number of rotatable bonds is 2. The van der Waals surface area contributed by atoms with E-state index in [1.807, 2.05) is 0 Å². The van der Waals surface area contributed by atoms with Gasteiger partial charge in [0.2, 0.25) is 5.16 Å². The molecule has 0 saturated carbocycles. The van der Waals surface area contributed by atoms with Crippen molar-refractivity contribution >= 4 is 17.7 Å². The number of ether oxygens (including phenoxy) is 1. The molecule has 0 amide bonds. The monoisotopic (exact) mass is 268 g/mol. The number of alkyl halides is 3. The van der Waals surface area contributed by atoms with E-state index in [9.17, 15) is 18.0 Å². The fourth-order valence-electron chi connectivity index (χ4n) is 1.26. The lowest BCUT2D eigenvalue weighted by atomic mass is 10.4. The van der Waals surface area contributed by atoms with Crippen molar-refractivity contribution in [2.45, 2.75) is 23.0 Å². The summed E-state index contributed by atoms with van der Waals surface area (Å²) >= 11 is 0.813. The number of thioether (sulfide) groups is 1. The first-order valence-electron chi connectivity index (χ1n) is 4.50. The summed E-state index contributed by atoms with van der Waals surface area (Å²) in [5.41, 5.74) is 0. The summed E-state index contributed by atoms with van der Waals surface area (Å²) in [6.45, 7) is 0.251. The van der Waals surface area contributed by atoms with E-state index in [-0.39, 0.29) is 11.8 Å². The van der Waals surface area contributed by atoms with Crippen LogP contribution in [0.15, 0.2) is 5.16 Å². The predicted octanol–water partition coefficient (Wildman–Crippen LogP) is 0.418. The Labute approximate surface area is 97.3 Å². The molecule has 6 nitrogen and oxygen atoms in total. The standard InChI is InChI=1S/C7H7F3N4O2S/c8-7(9,10)5-12-13-6(14(5)11)17-3-1-2-16-4(3)15/h3H,1-2,11H2/t3-/m0/s1. The number of carbonyl (C=O) groups is 1. The molecule has 10 heteroatoms. The lowest BCUT2D eigenvalue weighted by molar-refractivity contribution is -0.146. The van der Waals surface area contributed by atoms with E-state index < -0.39 is 23.2 Å². The molecule has 1 aliphatic rings. The van der Waals surface area contributed by atoms with E-state index >= 15 is 0 Å². The maximum absolute atomic E-state index is 12.3. The Balaban J connectivity index is 2.18. The third-order valence-electron chi connectivity index (χ3n) is 2.05. The van der Waals surface area contributed by atoms with E-state index in [2.05, 4.69) is 14.9 Å². The first kappa shape index (κ1) is 12.0. The van der Waals surface area contributed by atoms with Crippen LogP contribution in [0.25, 0.3) is 0 Å². The maximum Gasteiger partial charge on any atom is 0.453 e. The molecule has 2 rings (SSSR count). The van der Waals surface area contributed by atoms with Gasteiger partial charge >= 0.3 is 12.1 Å². The number of nitrogens with two attached hydrogens (primary N) is 1. The van der Waals surface area contributed by atoms with Crippen molar-refractivity contribution in [2.75, 3.05) is 12.4 Å². The third kappa shape index (κ3) is 2.30. The molecule has 1 fully saturated rings. The average Bonchev–Trinajstić information content (AvgIpc) is 2.75. The van der Waals surface area contributed by atoms with Gasteiger partial charge < -0.3 is 10.6 Å². The van der Waals surface area contributed by atoms with E-state index in [1.165, 1.54) is 0 Å². The minimum Gasteiger partial charge on any atom is -0.465 e. The summed E-state index contributed by atoms with van der Waals surface area (Å²) in [4.78, 5) is 11.1. The first-order valence-corrected chi connectivity index (χ1v) is 5.38. The highest BCUT2D eigenvalue weighted by Crippen LogP contribution is 2.32. The molecule has 94 valence electrons. The summed E-state index contributed by atoms with van der Waals surface area (Å²) in [7, 11) is 0. The molecule has 0 aromatic carbocycles. The lowest BCUT2D eigenvalue weighted by Crippen LogP contribution is -2.22. The molecule has 1 aliphatic heterocycles. The number of nitrogen functional groups attached to an aromatic ring is 1. The molecule has 0 bridgehead atoms. The van der Waals surface area contributed by atoms with Gasteiger partial charge in [-0.1, -0.05) is 11.8 Å². The Morgan fingerprint density at radius 1 is 1.47 bits per heavy atom. The molecule has 2 N–H and O–H groups in total. The van der Waals surface area contributed by atoms with Gasteiger partial charge in [0.05, 0.1) is 6.61 Å². The molecule has 0 unspecified atom stereocenters. The van der Waals surface area contributed by atoms with Crippen LogP contribution in [0.2, 0.25) is 0 Å². The van der Waals surface area contributed by atoms with Crippen molar-refractivity contribution in [3.8, 4) is 0 Å². The quantitative estimate of drug-likeness (QED) is 0.618. The number of halogens is 3. The van der Waals surface area contributed by atoms with E-state index in [4.69, 9.17) is 5.84 Å². The number of hydrogen-bond acceptors (Lipinski definition) is 6. The zero-order valence-electron chi connectivity index (χ0n) is 8.27. The minimum atomic E-state index is -4.67. The molecule has 1 aromatic rings. The molecule has 17 heavy (non-hydrogen) atoms. The predicted molar refractivity (Wildman–Crippen MR) is 50.4 cm³/mol. The van der Waals surface area contributed by atoms with Gasteiger partial charge in [-0.15, -0.1) is 10.2 Å². The van der Waals surface area contributed by atoms with Crippen LogP contribution >= 0.6 is 11.8 Å². The Morgan fingerprint density at radius 2 is 2.18 bits per heavy atom. The number of cyclic esters (lactones) is 1. The van der Waals surface area contributed by atoms with Crippen LogP contribution in [0, 0.1) is 0 Å². The number of esters is 1. The van der Waals surface area contributed by atoms with Crippen molar-refractivity contribution in [3.05, 3.63) is 5.82 Å². The molecule has 0 spiro atoms. The highest BCUT2D eigenvalue weighted by Gasteiger charge is 2.39. The van der Waals surface area contributed by atoms with Crippen LogP contribution in [0.1, 0.15) is 12.2 Å². The van der Waals surface area contributed by atoms with Crippen LogP contribution in [0.5, 0.6) is 0 Å². The molecule has 1 saturated heterocycles. The zero-order chi connectivity index (χ0) is 12.6. The van der Waals surface area contributed by atoms with Crippen LogP contribution in [-0.4, -0.2) is 32.7 Å². The van der Waals surface area contributed by atoms with Gasteiger partial charge in [0.1, 0.15) is 5.25 Å². The van der Waals surface area contributed by atoms with Crippen LogP contribution < -0.4 is 5.84 Å². The zero-order valence-corrected chi connectivity index (χ0v) is 9.09. The van der Waals surface area contributed by atoms with Gasteiger partial charge in [-0.25, -0.2) is 4.68 Å². The fraction of sp³-hybridized carbons (Fsp3) is 0.571. The normalized spacial score (nSPS) is 20.6. The van der Waals surface area contributed by atoms with Gasteiger partial charge in [-0.05, 0) is 0 Å². The van der Waals surface area contributed by atoms with Gasteiger partial charge in [0.25, 0.3) is 5.82 Å². The highest BCUT2D eigenvalue weighted by atomic mass is 32.2. The number of nitrogens with zero attached hydrogens (tertiary/aromatic N) is 3. The maximum atomic E-state index is 12.3. The number of hydrogen-bond donors (Lipinski definition) is 1. The van der Waals surface area contributed by atoms with Crippen molar-refractivity contribution < 1.29 is 22.7 Å². The van der Waals surface area contributed by atoms with Crippen molar-refractivity contribution in [3.63, 3.8) is 0 Å². The molecule has 1 atom stereocenters. The van der Waals surface area contributed by atoms with E-state index in [0.29, 0.717) is 11.1 Å². The SMILES string of the molecule is Nn1c(S[C@H]2CCOC2=O)nnc1C(F)(F)F. The largest absolute Gasteiger partial charge is 0.465 e. The second kappa shape index (κ2) is 4.09. The van der Waals surface area contributed by atoms with Crippen molar-refractivity contribution in [1.29, 1.82) is 0 Å². The van der Waals surface area contributed by atoms with Crippen LogP contribution in [0.4, 0.5) is 13.2 Å². The summed E-state index contributed by atoms with van der Waals surface area (Å²) in [5, 5.41) is 5.50. The second-order valence-corrected chi connectivity index (χ2v) is 4.41. The Morgan fingerprint density at radius 3 is 2.65 bits per heavy atom. The summed E-state index contributed by atoms with van der Waals surface area (Å²) in [6.07, 6.45) is -4.26. The van der Waals surface area contributed by atoms with Crippen LogP contribution in [0.3, 0.4) is 0 Å². The Kier molecular flexibility index (Phi) is 2.89. The van der Waals surface area contributed by atoms with Crippen molar-refractivity contribution in [1.82, 2.24) is 14.9 Å². The second-order valence-electron chi connectivity index (χ2n) is 3.24. The molecular formula is C7H7F3N4O2S. The number of carbonyl (C=O) groups excluding carboxylic acids is 1. The average molecular weight is 268 g/mol. The third-order valence-corrected chi connectivity index (χ3v) is 3.25. The highest BCUT2D eigenvalue weighted by molar-refractivity contribution is 8.00. The molecule has 0 radical (unpaired) electrons. The first-order chi connectivity index (χ1) is 7.89. The van der Waals surface area contributed by atoms with Gasteiger partial charge in [-0.2, -0.15) is 13.2 Å². The van der Waals surface area contributed by atoms with Gasteiger partial charge in [0.15, 0.2) is 0 Å². The van der Waals surface area contributed by atoms with Gasteiger partial charge in [0, 0.05) is 6.42 Å². The molecule has 1 aromatic heterocycles. The number of aromatic nitrogens is 3. The molecule has 0 aliphatic carbocycles. The van der Waals surface area contributed by atoms with Crippen molar-refractivity contribution in [2.24, 2.45) is 0 Å². The molecular weight excluding hydrogens is 261 g/mol. The Bertz CT molecular complexity index is 447. The van der Waals surface area contributed by atoms with E-state index in [1.54, 1.807) is 0 Å². The summed E-state index contributed by atoms with van der Waals surface area (Å²) < 4.78 is 42.0. The fourth-order valence-corrected chi connectivity index (χ4v) is 2.18. The smallest absolute Gasteiger partial charge is 0.453 e. The minimum absolute atomic E-state index is 0.166. The molecule has 2 heterocycles. The summed E-state index contributed by atoms with van der Waals surface area (Å²) in [6, 6.07) is 0. The topological polar surface area (TPSA) is 83.0 Å². The Hall–Kier alpha value is -1.45. The van der Waals surface area contributed by atoms with Crippen LogP contribution in [-0.2, 0) is 15.7 Å². The van der Waals surface area contributed by atoms with E-state index in [0.717, 1.165) is 11.8 Å². The lowest BCUT2D eigenvalue weighted by Gasteiger charge is -2.07. The van der Waals surface area contributed by atoms with Gasteiger partial charge in [-0.3, -0.25) is 4.79 Å². The summed E-state index contributed by atoms with van der Waals surface area (Å²) in [5.74, 6) is 3.43.